The van der Waals surface area contributed by atoms with Gasteiger partial charge in [-0.15, -0.1) is 0 Å². The standard InChI is InChI=1S/C20H31N5O/c1-6-21-20(23-14-19-24-16(4)17(5)26-19)22-12-13-25(7-2)18-11-9-8-10-15(18)3/h8-11H,6-7,12-14H2,1-5H3,(H2,21,22,23). The molecule has 0 radical (unpaired) electrons. The Hall–Kier alpha value is -2.50. The molecule has 142 valence electrons. The lowest BCUT2D eigenvalue weighted by Crippen LogP contribution is -2.41. The molecule has 0 amide bonds. The average Bonchev–Trinajstić information content (AvgIpc) is 2.95. The van der Waals surface area contributed by atoms with Gasteiger partial charge in [0.1, 0.15) is 12.3 Å². The summed E-state index contributed by atoms with van der Waals surface area (Å²) in [6.45, 7) is 14.2. The zero-order chi connectivity index (χ0) is 18.9. The Morgan fingerprint density at radius 1 is 1.15 bits per heavy atom. The highest BCUT2D eigenvalue weighted by atomic mass is 16.4. The van der Waals surface area contributed by atoms with E-state index in [9.17, 15) is 0 Å². The van der Waals surface area contributed by atoms with Gasteiger partial charge in [-0.3, -0.25) is 0 Å². The lowest BCUT2D eigenvalue weighted by molar-refractivity contribution is 0.473. The molecule has 1 heterocycles. The molecule has 0 bridgehead atoms. The van der Waals surface area contributed by atoms with Crippen LogP contribution < -0.4 is 15.5 Å². The van der Waals surface area contributed by atoms with Crippen molar-refractivity contribution in [3.8, 4) is 0 Å². The maximum absolute atomic E-state index is 5.59. The van der Waals surface area contributed by atoms with Crippen molar-refractivity contribution in [2.75, 3.05) is 31.1 Å². The lowest BCUT2D eigenvalue weighted by atomic mass is 10.2. The molecule has 1 aromatic heterocycles. The van der Waals surface area contributed by atoms with Crippen LogP contribution in [0.5, 0.6) is 0 Å². The zero-order valence-electron chi connectivity index (χ0n) is 16.6. The number of hydrogen-bond acceptors (Lipinski definition) is 4. The highest BCUT2D eigenvalue weighted by Crippen LogP contribution is 2.18. The van der Waals surface area contributed by atoms with Gasteiger partial charge in [0, 0.05) is 31.9 Å². The number of aromatic nitrogens is 1. The van der Waals surface area contributed by atoms with E-state index in [0.717, 1.165) is 43.6 Å². The molecular weight excluding hydrogens is 326 g/mol. The van der Waals surface area contributed by atoms with E-state index in [1.54, 1.807) is 0 Å². The van der Waals surface area contributed by atoms with Crippen molar-refractivity contribution in [1.82, 2.24) is 15.6 Å². The van der Waals surface area contributed by atoms with E-state index in [-0.39, 0.29) is 0 Å². The number of rotatable bonds is 8. The van der Waals surface area contributed by atoms with Gasteiger partial charge in [-0.25, -0.2) is 9.98 Å². The molecule has 0 aliphatic heterocycles. The number of benzene rings is 1. The molecule has 26 heavy (non-hydrogen) atoms. The van der Waals surface area contributed by atoms with E-state index in [0.29, 0.717) is 12.4 Å². The molecule has 1 aromatic carbocycles. The highest BCUT2D eigenvalue weighted by Gasteiger charge is 2.08. The van der Waals surface area contributed by atoms with E-state index in [2.05, 4.69) is 70.5 Å². The minimum Gasteiger partial charge on any atom is -0.444 e. The van der Waals surface area contributed by atoms with Crippen LogP contribution >= 0.6 is 0 Å². The van der Waals surface area contributed by atoms with Gasteiger partial charge in [0.25, 0.3) is 0 Å². The topological polar surface area (TPSA) is 65.7 Å². The molecule has 0 fully saturated rings. The van der Waals surface area contributed by atoms with Gasteiger partial charge in [-0.1, -0.05) is 18.2 Å². The number of nitrogens with one attached hydrogen (secondary N) is 2. The first-order chi connectivity index (χ1) is 12.5. The minimum atomic E-state index is 0.430. The van der Waals surface area contributed by atoms with Crippen LogP contribution in [-0.4, -0.2) is 37.1 Å². The smallest absolute Gasteiger partial charge is 0.216 e. The second kappa shape index (κ2) is 9.85. The summed E-state index contributed by atoms with van der Waals surface area (Å²) in [6.07, 6.45) is 0. The van der Waals surface area contributed by atoms with E-state index < -0.39 is 0 Å². The van der Waals surface area contributed by atoms with E-state index >= 15 is 0 Å². The SMILES string of the molecule is CCNC(=NCc1nc(C)c(C)o1)NCCN(CC)c1ccccc1C. The summed E-state index contributed by atoms with van der Waals surface area (Å²) in [5, 5.41) is 6.66. The molecule has 2 N–H and O–H groups in total. The Bertz CT molecular complexity index is 703. The second-order valence-electron chi connectivity index (χ2n) is 6.24. The van der Waals surface area contributed by atoms with Crippen LogP contribution in [0, 0.1) is 20.8 Å². The molecule has 0 unspecified atom stereocenters. The molecule has 2 rings (SSSR count). The van der Waals surface area contributed by atoms with Crippen LogP contribution in [0.25, 0.3) is 0 Å². The summed E-state index contributed by atoms with van der Waals surface area (Å²) >= 11 is 0. The van der Waals surface area contributed by atoms with Gasteiger partial charge in [0.2, 0.25) is 5.89 Å². The molecule has 2 aromatic rings. The summed E-state index contributed by atoms with van der Waals surface area (Å²) in [7, 11) is 0. The summed E-state index contributed by atoms with van der Waals surface area (Å²) in [4.78, 5) is 11.3. The van der Waals surface area contributed by atoms with Crippen molar-refractivity contribution in [2.24, 2.45) is 4.99 Å². The number of hydrogen-bond donors (Lipinski definition) is 2. The quantitative estimate of drug-likeness (QED) is 0.561. The van der Waals surface area contributed by atoms with Gasteiger partial charge in [0.05, 0.1) is 5.69 Å². The number of para-hydroxylation sites is 1. The molecule has 0 atom stereocenters. The third-order valence-electron chi connectivity index (χ3n) is 4.30. The molecule has 0 aliphatic carbocycles. The van der Waals surface area contributed by atoms with Gasteiger partial charge in [-0.05, 0) is 46.2 Å². The first-order valence-electron chi connectivity index (χ1n) is 9.30. The Labute approximate surface area is 156 Å². The summed E-state index contributed by atoms with van der Waals surface area (Å²) in [5.41, 5.74) is 3.50. The summed E-state index contributed by atoms with van der Waals surface area (Å²) in [5.74, 6) is 2.28. The molecule has 0 spiro atoms. The van der Waals surface area contributed by atoms with Gasteiger partial charge < -0.3 is 20.0 Å². The zero-order valence-corrected chi connectivity index (χ0v) is 16.6. The van der Waals surface area contributed by atoms with Crippen LogP contribution in [0.2, 0.25) is 0 Å². The van der Waals surface area contributed by atoms with Crippen molar-refractivity contribution in [3.63, 3.8) is 0 Å². The predicted molar refractivity (Wildman–Crippen MR) is 108 cm³/mol. The molecule has 0 saturated carbocycles. The largest absolute Gasteiger partial charge is 0.444 e. The number of anilines is 1. The number of aliphatic imine (C=N–C) groups is 1. The van der Waals surface area contributed by atoms with Gasteiger partial charge >= 0.3 is 0 Å². The fourth-order valence-electron chi connectivity index (χ4n) is 2.77. The molecule has 6 heteroatoms. The highest BCUT2D eigenvalue weighted by molar-refractivity contribution is 5.79. The van der Waals surface area contributed by atoms with Crippen molar-refractivity contribution >= 4 is 11.6 Å². The Morgan fingerprint density at radius 2 is 1.92 bits per heavy atom. The molecule has 0 saturated heterocycles. The van der Waals surface area contributed by atoms with Crippen LogP contribution in [0.1, 0.15) is 36.8 Å². The Morgan fingerprint density at radius 3 is 2.54 bits per heavy atom. The van der Waals surface area contributed by atoms with E-state index in [4.69, 9.17) is 4.42 Å². The maximum atomic E-state index is 5.59. The molecular formula is C20H31N5O. The third-order valence-corrected chi connectivity index (χ3v) is 4.30. The monoisotopic (exact) mass is 357 g/mol. The predicted octanol–water partition coefficient (Wildman–Crippen LogP) is 3.18. The van der Waals surface area contributed by atoms with Crippen molar-refractivity contribution in [2.45, 2.75) is 41.2 Å². The first-order valence-corrected chi connectivity index (χ1v) is 9.30. The molecule has 6 nitrogen and oxygen atoms in total. The van der Waals surface area contributed by atoms with Crippen molar-refractivity contribution in [3.05, 3.63) is 47.2 Å². The van der Waals surface area contributed by atoms with Crippen LogP contribution in [0.4, 0.5) is 5.69 Å². The lowest BCUT2D eigenvalue weighted by Gasteiger charge is -2.25. The normalized spacial score (nSPS) is 11.5. The van der Waals surface area contributed by atoms with E-state index in [1.165, 1.54) is 11.3 Å². The minimum absolute atomic E-state index is 0.430. The van der Waals surface area contributed by atoms with Crippen LogP contribution in [0.3, 0.4) is 0 Å². The fourth-order valence-corrected chi connectivity index (χ4v) is 2.77. The Kier molecular flexibility index (Phi) is 7.51. The Balaban J connectivity index is 1.92. The van der Waals surface area contributed by atoms with Crippen LogP contribution in [0.15, 0.2) is 33.7 Å². The number of oxazole rings is 1. The second-order valence-corrected chi connectivity index (χ2v) is 6.24. The van der Waals surface area contributed by atoms with Crippen molar-refractivity contribution in [1.29, 1.82) is 0 Å². The van der Waals surface area contributed by atoms with Crippen molar-refractivity contribution < 1.29 is 4.42 Å². The molecule has 0 aliphatic rings. The summed E-state index contributed by atoms with van der Waals surface area (Å²) in [6, 6.07) is 8.49. The van der Waals surface area contributed by atoms with E-state index in [1.807, 2.05) is 13.8 Å². The average molecular weight is 358 g/mol. The van der Waals surface area contributed by atoms with Gasteiger partial charge in [0.15, 0.2) is 5.96 Å². The first kappa shape index (κ1) is 19.8. The van der Waals surface area contributed by atoms with Gasteiger partial charge in [-0.2, -0.15) is 0 Å². The van der Waals surface area contributed by atoms with Crippen LogP contribution in [-0.2, 0) is 6.54 Å². The number of guanidine groups is 1. The fraction of sp³-hybridized carbons (Fsp3) is 0.500. The summed E-state index contributed by atoms with van der Waals surface area (Å²) < 4.78 is 5.59. The number of likely N-dealkylation sites (N-methyl/N-ethyl adjacent to an activating group) is 1. The number of aryl methyl sites for hydroxylation is 3. The number of nitrogens with zero attached hydrogens (tertiary/aromatic N) is 3. The maximum Gasteiger partial charge on any atom is 0.216 e. The third kappa shape index (κ3) is 5.51.